The van der Waals surface area contributed by atoms with Crippen molar-refractivity contribution in [1.29, 1.82) is 0 Å². The third kappa shape index (κ3) is 3.95. The average Bonchev–Trinajstić information content (AvgIpc) is 3.00. The molecule has 7 nitrogen and oxygen atoms in total. The summed E-state index contributed by atoms with van der Waals surface area (Å²) in [6.45, 7) is 8.75. The molecule has 2 amide bonds. The Hall–Kier alpha value is -1.89. The van der Waals surface area contributed by atoms with E-state index in [4.69, 9.17) is 4.52 Å². The van der Waals surface area contributed by atoms with E-state index in [0.29, 0.717) is 6.54 Å². The first-order valence-corrected chi connectivity index (χ1v) is 8.72. The van der Waals surface area contributed by atoms with Crippen LogP contribution in [-0.4, -0.2) is 70.9 Å². The smallest absolute Gasteiger partial charge is 0.227 e. The van der Waals surface area contributed by atoms with Gasteiger partial charge in [-0.25, -0.2) is 0 Å². The molecule has 1 aromatic rings. The molecule has 0 N–H and O–H groups in total. The predicted molar refractivity (Wildman–Crippen MR) is 88.1 cm³/mol. The van der Waals surface area contributed by atoms with E-state index in [1.54, 1.807) is 11.8 Å². The number of amides is 2. The lowest BCUT2D eigenvalue weighted by Gasteiger charge is -2.38. The first-order valence-electron chi connectivity index (χ1n) is 8.72. The second kappa shape index (κ2) is 7.34. The topological polar surface area (TPSA) is 69.9 Å². The maximum Gasteiger partial charge on any atom is 0.227 e. The number of piperazine rings is 1. The molecule has 2 saturated heterocycles. The van der Waals surface area contributed by atoms with Crippen molar-refractivity contribution in [2.45, 2.75) is 33.2 Å². The number of carbonyl (C=O) groups excluding carboxylic acids is 2. The zero-order chi connectivity index (χ0) is 17.1. The summed E-state index contributed by atoms with van der Waals surface area (Å²) >= 11 is 0. The van der Waals surface area contributed by atoms with Gasteiger partial charge in [-0.3, -0.25) is 14.5 Å². The van der Waals surface area contributed by atoms with Gasteiger partial charge in [-0.2, -0.15) is 0 Å². The number of likely N-dealkylation sites (tertiary alicyclic amines) is 1. The van der Waals surface area contributed by atoms with Gasteiger partial charge in [0.1, 0.15) is 0 Å². The van der Waals surface area contributed by atoms with Crippen molar-refractivity contribution < 1.29 is 14.1 Å². The van der Waals surface area contributed by atoms with E-state index < -0.39 is 0 Å². The van der Waals surface area contributed by atoms with Crippen molar-refractivity contribution in [3.05, 3.63) is 17.5 Å². The minimum Gasteiger partial charge on any atom is -0.360 e. The normalized spacial score (nSPS) is 22.7. The molecule has 0 bridgehead atoms. The highest BCUT2D eigenvalue weighted by Crippen LogP contribution is 2.20. The molecular formula is C17H26N4O3. The van der Waals surface area contributed by atoms with Crippen molar-refractivity contribution in [1.82, 2.24) is 19.9 Å². The summed E-state index contributed by atoms with van der Waals surface area (Å²) in [5.41, 5.74) is 0.895. The molecule has 1 atom stereocenters. The van der Waals surface area contributed by atoms with Crippen LogP contribution in [0.25, 0.3) is 0 Å². The lowest BCUT2D eigenvalue weighted by molar-refractivity contribution is -0.141. The van der Waals surface area contributed by atoms with Crippen LogP contribution < -0.4 is 0 Å². The summed E-state index contributed by atoms with van der Waals surface area (Å²) in [5, 5.41) is 3.91. The molecule has 1 aromatic heterocycles. The average molecular weight is 334 g/mol. The minimum absolute atomic E-state index is 0.0360. The summed E-state index contributed by atoms with van der Waals surface area (Å²) < 4.78 is 5.26. The maximum absolute atomic E-state index is 12.7. The van der Waals surface area contributed by atoms with Crippen LogP contribution in [0.2, 0.25) is 0 Å². The lowest BCUT2D eigenvalue weighted by Crippen LogP contribution is -2.52. The maximum atomic E-state index is 12.7. The number of hydrogen-bond acceptors (Lipinski definition) is 5. The van der Waals surface area contributed by atoms with Crippen molar-refractivity contribution in [2.24, 2.45) is 5.92 Å². The number of nitrogens with zero attached hydrogens (tertiary/aromatic N) is 4. The van der Waals surface area contributed by atoms with Crippen LogP contribution in [0.1, 0.15) is 31.2 Å². The molecule has 0 unspecified atom stereocenters. The standard InChI is InChI=1S/C17H26N4O3/c1-13-10-16(24-18-13)12-19-6-8-20(9-7-19)17(23)15-4-3-5-21(11-15)14(2)22/h10,15H,3-9,11-12H2,1-2H3/t15-/m1/s1. The molecule has 2 aliphatic rings. The van der Waals surface area contributed by atoms with Crippen LogP contribution in [0.3, 0.4) is 0 Å². The first-order chi connectivity index (χ1) is 11.5. The molecule has 2 fully saturated rings. The highest BCUT2D eigenvalue weighted by atomic mass is 16.5. The van der Waals surface area contributed by atoms with Gasteiger partial charge in [-0.05, 0) is 19.8 Å². The van der Waals surface area contributed by atoms with Crippen LogP contribution in [0.4, 0.5) is 0 Å². The SMILES string of the molecule is CC(=O)N1CCC[C@@H](C(=O)N2CCN(Cc3cc(C)no3)CC2)C1. The summed E-state index contributed by atoms with van der Waals surface area (Å²) in [6.07, 6.45) is 1.81. The molecule has 0 aromatic carbocycles. The zero-order valence-corrected chi connectivity index (χ0v) is 14.5. The Balaban J connectivity index is 1.49. The molecular weight excluding hydrogens is 308 g/mol. The Morgan fingerprint density at radius 3 is 2.58 bits per heavy atom. The minimum atomic E-state index is -0.0360. The summed E-state index contributed by atoms with van der Waals surface area (Å²) in [6, 6.07) is 1.95. The van der Waals surface area contributed by atoms with Crippen molar-refractivity contribution >= 4 is 11.8 Å². The second-order valence-electron chi connectivity index (χ2n) is 6.84. The fourth-order valence-electron chi connectivity index (χ4n) is 3.56. The summed E-state index contributed by atoms with van der Waals surface area (Å²) in [5.74, 6) is 1.11. The van der Waals surface area contributed by atoms with Gasteiger partial charge in [-0.1, -0.05) is 5.16 Å². The van der Waals surface area contributed by atoms with E-state index in [9.17, 15) is 9.59 Å². The molecule has 0 spiro atoms. The van der Waals surface area contributed by atoms with Crippen molar-refractivity contribution in [3.8, 4) is 0 Å². The Bertz CT molecular complexity index is 592. The van der Waals surface area contributed by atoms with E-state index in [-0.39, 0.29) is 17.7 Å². The monoisotopic (exact) mass is 334 g/mol. The van der Waals surface area contributed by atoms with Crippen LogP contribution in [0, 0.1) is 12.8 Å². The highest BCUT2D eigenvalue weighted by molar-refractivity contribution is 5.81. The third-order valence-electron chi connectivity index (χ3n) is 4.96. The third-order valence-corrected chi connectivity index (χ3v) is 4.96. The first kappa shape index (κ1) is 17.0. The Morgan fingerprint density at radius 2 is 1.96 bits per heavy atom. The summed E-state index contributed by atoms with van der Waals surface area (Å²) in [4.78, 5) is 30.3. The Morgan fingerprint density at radius 1 is 1.21 bits per heavy atom. The number of carbonyl (C=O) groups is 2. The van der Waals surface area contributed by atoms with Crippen molar-refractivity contribution in [2.75, 3.05) is 39.3 Å². The molecule has 132 valence electrons. The number of piperidine rings is 1. The number of aromatic nitrogens is 1. The molecule has 2 aliphatic heterocycles. The molecule has 3 rings (SSSR count). The fraction of sp³-hybridized carbons (Fsp3) is 0.706. The van der Waals surface area contributed by atoms with E-state index in [0.717, 1.165) is 63.6 Å². The highest BCUT2D eigenvalue weighted by Gasteiger charge is 2.31. The van der Waals surface area contributed by atoms with Crippen LogP contribution >= 0.6 is 0 Å². The van der Waals surface area contributed by atoms with E-state index >= 15 is 0 Å². The molecule has 0 saturated carbocycles. The zero-order valence-electron chi connectivity index (χ0n) is 14.5. The van der Waals surface area contributed by atoms with Gasteiger partial charge in [0, 0.05) is 52.3 Å². The molecule has 0 aliphatic carbocycles. The van der Waals surface area contributed by atoms with Gasteiger partial charge in [0.25, 0.3) is 0 Å². The lowest BCUT2D eigenvalue weighted by atomic mass is 9.96. The number of hydrogen-bond donors (Lipinski definition) is 0. The molecule has 0 radical (unpaired) electrons. The number of rotatable bonds is 3. The predicted octanol–water partition coefficient (Wildman–Crippen LogP) is 0.886. The number of aryl methyl sites for hydroxylation is 1. The Labute approximate surface area is 142 Å². The van der Waals surface area contributed by atoms with Crippen LogP contribution in [0.5, 0.6) is 0 Å². The van der Waals surface area contributed by atoms with Gasteiger partial charge in [0.15, 0.2) is 5.76 Å². The molecule has 3 heterocycles. The van der Waals surface area contributed by atoms with Crippen LogP contribution in [-0.2, 0) is 16.1 Å². The summed E-state index contributed by atoms with van der Waals surface area (Å²) in [7, 11) is 0. The van der Waals surface area contributed by atoms with Gasteiger partial charge < -0.3 is 14.3 Å². The quantitative estimate of drug-likeness (QED) is 0.821. The van der Waals surface area contributed by atoms with E-state index in [2.05, 4.69) is 10.1 Å². The molecule has 24 heavy (non-hydrogen) atoms. The van der Waals surface area contributed by atoms with Gasteiger partial charge in [-0.15, -0.1) is 0 Å². The van der Waals surface area contributed by atoms with Gasteiger partial charge in [0.05, 0.1) is 18.2 Å². The van der Waals surface area contributed by atoms with Gasteiger partial charge in [0.2, 0.25) is 11.8 Å². The Kier molecular flexibility index (Phi) is 5.18. The van der Waals surface area contributed by atoms with Crippen LogP contribution in [0.15, 0.2) is 10.6 Å². The fourth-order valence-corrected chi connectivity index (χ4v) is 3.56. The van der Waals surface area contributed by atoms with Gasteiger partial charge >= 0.3 is 0 Å². The van der Waals surface area contributed by atoms with E-state index in [1.807, 2.05) is 17.9 Å². The molecule has 7 heteroatoms. The largest absolute Gasteiger partial charge is 0.360 e. The van der Waals surface area contributed by atoms with E-state index in [1.165, 1.54) is 0 Å². The van der Waals surface area contributed by atoms with Crippen molar-refractivity contribution in [3.63, 3.8) is 0 Å². The second-order valence-corrected chi connectivity index (χ2v) is 6.84.